The summed E-state index contributed by atoms with van der Waals surface area (Å²) >= 11 is 0. The van der Waals surface area contributed by atoms with Gasteiger partial charge in [-0.25, -0.2) is 0 Å². The molecule has 0 radical (unpaired) electrons. The maximum atomic E-state index is 8.86. The molecule has 0 saturated heterocycles. The third-order valence-electron chi connectivity index (χ3n) is 3.89. The van der Waals surface area contributed by atoms with E-state index in [-0.39, 0.29) is 0 Å². The highest BCUT2D eigenvalue weighted by atomic mass is 14.7. The highest BCUT2D eigenvalue weighted by Gasteiger charge is 2.02. The van der Waals surface area contributed by atoms with Crippen LogP contribution in [-0.4, -0.2) is 4.98 Å². The Balaban J connectivity index is 1.82. The van der Waals surface area contributed by atoms with Gasteiger partial charge in [-0.3, -0.25) is 4.98 Å². The second-order valence-electron chi connectivity index (χ2n) is 5.57. The van der Waals surface area contributed by atoms with Crippen molar-refractivity contribution in [2.75, 3.05) is 0 Å². The van der Waals surface area contributed by atoms with Crippen molar-refractivity contribution in [3.05, 3.63) is 78.0 Å². The van der Waals surface area contributed by atoms with Crippen molar-refractivity contribution in [2.24, 2.45) is 0 Å². The van der Waals surface area contributed by atoms with E-state index in [0.717, 1.165) is 35.2 Å². The molecule has 3 aromatic rings. The van der Waals surface area contributed by atoms with Gasteiger partial charge in [-0.05, 0) is 41.3 Å². The van der Waals surface area contributed by atoms with Gasteiger partial charge in [0.05, 0.1) is 17.3 Å². The van der Waals surface area contributed by atoms with E-state index in [2.05, 4.69) is 54.4 Å². The molecule has 112 valence electrons. The van der Waals surface area contributed by atoms with Gasteiger partial charge in [0.2, 0.25) is 0 Å². The van der Waals surface area contributed by atoms with Crippen LogP contribution in [0.2, 0.25) is 0 Å². The van der Waals surface area contributed by atoms with Crippen LogP contribution in [0.4, 0.5) is 0 Å². The van der Waals surface area contributed by atoms with Crippen molar-refractivity contribution in [1.29, 1.82) is 5.26 Å². The van der Waals surface area contributed by atoms with Crippen LogP contribution in [0.15, 0.2) is 66.9 Å². The number of benzene rings is 2. The van der Waals surface area contributed by atoms with Crippen molar-refractivity contribution in [3.63, 3.8) is 0 Å². The van der Waals surface area contributed by atoms with Gasteiger partial charge in [-0.1, -0.05) is 55.8 Å². The molecule has 1 aromatic heterocycles. The van der Waals surface area contributed by atoms with Crippen LogP contribution in [0.1, 0.15) is 24.5 Å². The average Bonchev–Trinajstić information content (AvgIpc) is 2.63. The zero-order chi connectivity index (χ0) is 16.1. The van der Waals surface area contributed by atoms with E-state index in [1.807, 2.05) is 30.5 Å². The molecule has 0 fully saturated rings. The lowest BCUT2D eigenvalue weighted by Gasteiger charge is -2.05. The number of nitriles is 1. The molecule has 0 amide bonds. The minimum atomic E-state index is 0.682. The van der Waals surface area contributed by atoms with E-state index in [1.165, 1.54) is 5.56 Å². The Kier molecular flexibility index (Phi) is 4.49. The Hall–Kier alpha value is -2.92. The maximum Gasteiger partial charge on any atom is 0.0991 e. The number of nitrogens with zero attached hydrogens (tertiary/aromatic N) is 2. The number of rotatable bonds is 4. The summed E-state index contributed by atoms with van der Waals surface area (Å²) in [6.45, 7) is 2.18. The monoisotopic (exact) mass is 298 g/mol. The van der Waals surface area contributed by atoms with E-state index < -0.39 is 0 Å². The van der Waals surface area contributed by atoms with E-state index in [0.29, 0.717) is 5.56 Å². The number of hydrogen-bond acceptors (Lipinski definition) is 2. The molecule has 1 heterocycles. The highest BCUT2D eigenvalue weighted by Crippen LogP contribution is 2.24. The Morgan fingerprint density at radius 1 is 0.826 bits per heavy atom. The molecule has 0 unspecified atom stereocenters. The van der Waals surface area contributed by atoms with E-state index in [9.17, 15) is 0 Å². The first kappa shape index (κ1) is 15.0. The summed E-state index contributed by atoms with van der Waals surface area (Å²) in [5, 5.41) is 8.86. The Bertz CT molecular complexity index is 808. The third kappa shape index (κ3) is 3.46. The van der Waals surface area contributed by atoms with Crippen LogP contribution in [0, 0.1) is 11.3 Å². The molecule has 3 rings (SSSR count). The quantitative estimate of drug-likeness (QED) is 0.660. The lowest BCUT2D eigenvalue weighted by Crippen LogP contribution is -1.88. The van der Waals surface area contributed by atoms with E-state index >= 15 is 0 Å². The molecule has 0 aliphatic rings. The predicted octanol–water partition coefficient (Wildman–Crippen LogP) is 5.24. The molecule has 2 nitrogen and oxygen atoms in total. The van der Waals surface area contributed by atoms with Crippen LogP contribution in [0.25, 0.3) is 22.4 Å². The highest BCUT2D eigenvalue weighted by molar-refractivity contribution is 5.69. The zero-order valence-corrected chi connectivity index (χ0v) is 13.2. The molecule has 0 spiro atoms. The van der Waals surface area contributed by atoms with Crippen molar-refractivity contribution in [2.45, 2.75) is 19.8 Å². The van der Waals surface area contributed by atoms with Gasteiger partial charge in [-0.2, -0.15) is 5.26 Å². The maximum absolute atomic E-state index is 8.86. The van der Waals surface area contributed by atoms with Crippen molar-refractivity contribution < 1.29 is 0 Å². The van der Waals surface area contributed by atoms with Gasteiger partial charge in [0, 0.05) is 11.8 Å². The van der Waals surface area contributed by atoms with Crippen LogP contribution in [0.5, 0.6) is 0 Å². The van der Waals surface area contributed by atoms with E-state index in [4.69, 9.17) is 5.26 Å². The average molecular weight is 298 g/mol. The van der Waals surface area contributed by atoms with Crippen molar-refractivity contribution in [3.8, 4) is 28.5 Å². The minimum Gasteiger partial charge on any atom is -0.256 e. The van der Waals surface area contributed by atoms with Gasteiger partial charge in [0.25, 0.3) is 0 Å². The fourth-order valence-electron chi connectivity index (χ4n) is 2.60. The summed E-state index contributed by atoms with van der Waals surface area (Å²) in [5.41, 5.74) is 6.33. The summed E-state index contributed by atoms with van der Waals surface area (Å²) in [6.07, 6.45) is 4.18. The fourth-order valence-corrected chi connectivity index (χ4v) is 2.60. The summed E-state index contributed by atoms with van der Waals surface area (Å²) in [5.74, 6) is 0. The molecular formula is C21H18N2. The minimum absolute atomic E-state index is 0.682. The molecule has 0 bridgehead atoms. The predicted molar refractivity (Wildman–Crippen MR) is 93.8 cm³/mol. The van der Waals surface area contributed by atoms with Crippen LogP contribution < -0.4 is 0 Å². The topological polar surface area (TPSA) is 36.7 Å². The number of aryl methyl sites for hydroxylation is 1. The normalized spacial score (nSPS) is 10.3. The van der Waals surface area contributed by atoms with Crippen LogP contribution in [0.3, 0.4) is 0 Å². The third-order valence-corrected chi connectivity index (χ3v) is 3.89. The molecule has 0 atom stereocenters. The second kappa shape index (κ2) is 6.89. The van der Waals surface area contributed by atoms with Gasteiger partial charge in [-0.15, -0.1) is 0 Å². The molecular weight excluding hydrogens is 280 g/mol. The first-order chi connectivity index (χ1) is 11.3. The zero-order valence-electron chi connectivity index (χ0n) is 13.2. The Morgan fingerprint density at radius 2 is 1.43 bits per heavy atom. The summed E-state index contributed by atoms with van der Waals surface area (Å²) < 4.78 is 0. The largest absolute Gasteiger partial charge is 0.256 e. The molecule has 0 saturated carbocycles. The molecule has 23 heavy (non-hydrogen) atoms. The lowest BCUT2D eigenvalue weighted by molar-refractivity contribution is 0.914. The van der Waals surface area contributed by atoms with Crippen molar-refractivity contribution in [1.82, 2.24) is 4.98 Å². The lowest BCUT2D eigenvalue weighted by atomic mass is 10.0. The smallest absolute Gasteiger partial charge is 0.0991 e. The number of hydrogen-bond donors (Lipinski definition) is 0. The number of aromatic nitrogens is 1. The van der Waals surface area contributed by atoms with Crippen LogP contribution >= 0.6 is 0 Å². The fraction of sp³-hybridized carbons (Fsp3) is 0.143. The van der Waals surface area contributed by atoms with E-state index in [1.54, 1.807) is 0 Å². The summed E-state index contributed by atoms with van der Waals surface area (Å²) in [4.78, 5) is 4.56. The first-order valence-corrected chi connectivity index (χ1v) is 7.86. The molecule has 0 aliphatic carbocycles. The van der Waals surface area contributed by atoms with Crippen molar-refractivity contribution >= 4 is 0 Å². The Labute approximate surface area is 137 Å². The van der Waals surface area contributed by atoms with Crippen LogP contribution in [-0.2, 0) is 6.42 Å². The molecule has 0 aliphatic heterocycles. The van der Waals surface area contributed by atoms with Gasteiger partial charge < -0.3 is 0 Å². The summed E-state index contributed by atoms with van der Waals surface area (Å²) in [6, 6.07) is 22.4. The van der Waals surface area contributed by atoms with Gasteiger partial charge in [0.1, 0.15) is 0 Å². The second-order valence-corrected chi connectivity index (χ2v) is 5.57. The SMILES string of the molecule is CCCc1ccc(-c2ccc(-c3ccc(C#N)cc3)cc2)nc1. The standard InChI is InChI=1S/C21H18N2/c1-2-3-17-6-13-21(23-15-17)20-11-9-19(10-12-20)18-7-4-16(14-22)5-8-18/h4-13,15H,2-3H2,1H3. The molecule has 0 N–H and O–H groups in total. The van der Waals surface area contributed by atoms with Gasteiger partial charge in [0.15, 0.2) is 0 Å². The molecule has 2 heteroatoms. The van der Waals surface area contributed by atoms with Gasteiger partial charge >= 0.3 is 0 Å². The molecule has 2 aromatic carbocycles. The first-order valence-electron chi connectivity index (χ1n) is 7.86. The Morgan fingerprint density at radius 3 is 1.96 bits per heavy atom. The number of pyridine rings is 1. The summed E-state index contributed by atoms with van der Waals surface area (Å²) in [7, 11) is 0.